The summed E-state index contributed by atoms with van der Waals surface area (Å²) in [4.78, 5) is 24.9. The van der Waals surface area contributed by atoms with Crippen molar-refractivity contribution in [3.8, 4) is 5.75 Å². The first-order valence-electron chi connectivity index (χ1n) is 7.26. The Balaban J connectivity index is 1.89. The third-order valence-corrected chi connectivity index (χ3v) is 3.99. The largest absolute Gasteiger partial charge is 0.481 e. The predicted molar refractivity (Wildman–Crippen MR) is 78.0 cm³/mol. The third kappa shape index (κ3) is 3.54. The number of hydrogen-bond acceptors (Lipinski definition) is 3. The number of benzene rings is 1. The molecular weight excluding hydrogens is 270 g/mol. The van der Waals surface area contributed by atoms with Gasteiger partial charge in [0, 0.05) is 19.0 Å². The molecule has 2 unspecified atom stereocenters. The van der Waals surface area contributed by atoms with E-state index in [0.717, 1.165) is 0 Å². The third-order valence-electron chi connectivity index (χ3n) is 3.99. The minimum atomic E-state index is -0.806. The van der Waals surface area contributed by atoms with E-state index in [0.29, 0.717) is 25.3 Å². The van der Waals surface area contributed by atoms with Gasteiger partial charge in [0.1, 0.15) is 5.75 Å². The molecule has 0 aromatic heterocycles. The van der Waals surface area contributed by atoms with Gasteiger partial charge in [-0.2, -0.15) is 0 Å². The monoisotopic (exact) mass is 291 g/mol. The minimum absolute atomic E-state index is 0.0423. The van der Waals surface area contributed by atoms with Crippen LogP contribution in [0.2, 0.25) is 0 Å². The van der Waals surface area contributed by atoms with Crippen LogP contribution in [0.3, 0.4) is 0 Å². The molecule has 1 aliphatic rings. The number of para-hydroxylation sites is 1. The van der Waals surface area contributed by atoms with Crippen molar-refractivity contribution in [1.29, 1.82) is 0 Å². The molecule has 21 heavy (non-hydrogen) atoms. The second kappa shape index (κ2) is 6.61. The summed E-state index contributed by atoms with van der Waals surface area (Å²) in [5, 5.41) is 8.96. The first-order chi connectivity index (χ1) is 10.0. The molecular formula is C16H21NO4. The lowest BCUT2D eigenvalue weighted by Gasteiger charge is -2.42. The number of nitrogens with zero attached hydrogens (tertiary/aromatic N) is 1. The first-order valence-corrected chi connectivity index (χ1v) is 7.26. The van der Waals surface area contributed by atoms with Crippen molar-refractivity contribution in [3.63, 3.8) is 0 Å². The van der Waals surface area contributed by atoms with Gasteiger partial charge in [0.05, 0.1) is 5.92 Å². The van der Waals surface area contributed by atoms with Crippen LogP contribution < -0.4 is 4.74 Å². The van der Waals surface area contributed by atoms with E-state index in [1.54, 1.807) is 11.8 Å². The van der Waals surface area contributed by atoms with E-state index in [9.17, 15) is 9.59 Å². The maximum atomic E-state index is 12.4. The van der Waals surface area contributed by atoms with Gasteiger partial charge >= 0.3 is 5.97 Å². The van der Waals surface area contributed by atoms with E-state index >= 15 is 0 Å². The Morgan fingerprint density at radius 2 is 1.95 bits per heavy atom. The fraction of sp³-hybridized carbons (Fsp3) is 0.500. The summed E-state index contributed by atoms with van der Waals surface area (Å²) < 4.78 is 5.72. The van der Waals surface area contributed by atoms with Crippen molar-refractivity contribution in [2.45, 2.75) is 26.4 Å². The van der Waals surface area contributed by atoms with E-state index < -0.39 is 18.0 Å². The van der Waals surface area contributed by atoms with Crippen molar-refractivity contribution in [2.24, 2.45) is 11.8 Å². The quantitative estimate of drug-likeness (QED) is 0.870. The Morgan fingerprint density at radius 1 is 1.33 bits per heavy atom. The minimum Gasteiger partial charge on any atom is -0.481 e. The molecule has 0 radical (unpaired) electrons. The normalized spacial score (nSPS) is 17.7. The molecule has 1 saturated heterocycles. The van der Waals surface area contributed by atoms with Crippen LogP contribution in [0.25, 0.3) is 0 Å². The smallest absolute Gasteiger partial charge is 0.306 e. The number of carbonyl (C=O) groups excluding carboxylic acids is 1. The first kappa shape index (κ1) is 15.4. The number of carboxylic acids is 1. The van der Waals surface area contributed by atoms with Crippen LogP contribution in [0, 0.1) is 11.8 Å². The molecule has 1 amide bonds. The number of hydrogen-bond donors (Lipinski definition) is 1. The van der Waals surface area contributed by atoms with E-state index in [1.165, 1.54) is 0 Å². The summed E-state index contributed by atoms with van der Waals surface area (Å²) in [5.74, 6) is -0.562. The van der Waals surface area contributed by atoms with E-state index in [-0.39, 0.29) is 11.8 Å². The fourth-order valence-corrected chi connectivity index (χ4v) is 2.39. The highest BCUT2D eigenvalue weighted by atomic mass is 16.5. The van der Waals surface area contributed by atoms with E-state index in [1.807, 2.05) is 37.3 Å². The molecule has 2 rings (SSSR count). The number of carbonyl (C=O) groups is 2. The zero-order chi connectivity index (χ0) is 15.4. The predicted octanol–water partition coefficient (Wildman–Crippen LogP) is 2.02. The maximum absolute atomic E-state index is 12.4. The summed E-state index contributed by atoms with van der Waals surface area (Å²) in [5.41, 5.74) is 0. The van der Waals surface area contributed by atoms with Gasteiger partial charge in [0.2, 0.25) is 0 Å². The van der Waals surface area contributed by atoms with Crippen LogP contribution in [-0.2, 0) is 9.59 Å². The molecule has 5 nitrogen and oxygen atoms in total. The van der Waals surface area contributed by atoms with Crippen molar-refractivity contribution in [3.05, 3.63) is 30.3 Å². The molecule has 2 atom stereocenters. The Kier molecular flexibility index (Phi) is 4.83. The number of carboxylic acid groups (broad SMARTS) is 1. The standard InChI is InChI=1S/C16H21NO4/c1-3-14(21-13-7-5-4-6-8-13)15(18)17-9-12(10-17)11(2)16(19)20/h4-8,11-12,14H,3,9-10H2,1-2H3,(H,19,20). The molecule has 114 valence electrons. The Morgan fingerprint density at radius 3 is 2.48 bits per heavy atom. The molecule has 1 aromatic rings. The zero-order valence-corrected chi connectivity index (χ0v) is 12.4. The van der Waals surface area contributed by atoms with E-state index in [4.69, 9.17) is 9.84 Å². The van der Waals surface area contributed by atoms with Crippen molar-refractivity contribution in [1.82, 2.24) is 4.90 Å². The highest BCUT2D eigenvalue weighted by Crippen LogP contribution is 2.26. The molecule has 0 spiro atoms. The molecule has 1 N–H and O–H groups in total. The second-order valence-corrected chi connectivity index (χ2v) is 5.46. The number of amides is 1. The number of ether oxygens (including phenoxy) is 1. The van der Waals surface area contributed by atoms with Gasteiger partial charge < -0.3 is 14.7 Å². The highest BCUT2D eigenvalue weighted by molar-refractivity contribution is 5.82. The van der Waals surface area contributed by atoms with Crippen molar-refractivity contribution in [2.75, 3.05) is 13.1 Å². The summed E-state index contributed by atoms with van der Waals surface area (Å²) in [6.07, 6.45) is 0.0807. The maximum Gasteiger partial charge on any atom is 0.306 e. The van der Waals surface area contributed by atoms with Crippen LogP contribution in [0.15, 0.2) is 30.3 Å². The van der Waals surface area contributed by atoms with E-state index in [2.05, 4.69) is 0 Å². The summed E-state index contributed by atoms with van der Waals surface area (Å²) in [6, 6.07) is 9.26. The van der Waals surface area contributed by atoms with Gasteiger partial charge in [-0.25, -0.2) is 0 Å². The van der Waals surface area contributed by atoms with Crippen LogP contribution in [0.4, 0.5) is 0 Å². The molecule has 1 heterocycles. The Hall–Kier alpha value is -2.04. The van der Waals surface area contributed by atoms with Crippen molar-refractivity contribution < 1.29 is 19.4 Å². The summed E-state index contributed by atoms with van der Waals surface area (Å²) >= 11 is 0. The number of rotatable bonds is 6. The topological polar surface area (TPSA) is 66.8 Å². The number of aliphatic carboxylic acids is 1. The number of likely N-dealkylation sites (tertiary alicyclic amines) is 1. The lowest BCUT2D eigenvalue weighted by Crippen LogP contribution is -2.56. The average Bonchev–Trinajstić information content (AvgIpc) is 2.43. The lowest BCUT2D eigenvalue weighted by molar-refractivity contribution is -0.154. The Labute approximate surface area is 124 Å². The Bertz CT molecular complexity index is 496. The lowest BCUT2D eigenvalue weighted by atomic mass is 9.86. The van der Waals surface area contributed by atoms with Crippen molar-refractivity contribution >= 4 is 11.9 Å². The van der Waals surface area contributed by atoms with Gasteiger partial charge in [-0.3, -0.25) is 9.59 Å². The summed E-state index contributed by atoms with van der Waals surface area (Å²) in [7, 11) is 0. The zero-order valence-electron chi connectivity index (χ0n) is 12.4. The molecule has 0 aliphatic carbocycles. The SMILES string of the molecule is CCC(Oc1ccccc1)C(=O)N1CC(C(C)C(=O)O)C1. The van der Waals surface area contributed by atoms with Crippen LogP contribution in [0.1, 0.15) is 20.3 Å². The second-order valence-electron chi connectivity index (χ2n) is 5.46. The van der Waals surface area contributed by atoms with Gasteiger partial charge in [0.15, 0.2) is 6.10 Å². The molecule has 1 fully saturated rings. The van der Waals surface area contributed by atoms with Gasteiger partial charge in [-0.15, -0.1) is 0 Å². The highest BCUT2D eigenvalue weighted by Gasteiger charge is 2.39. The molecule has 5 heteroatoms. The van der Waals surface area contributed by atoms with Crippen LogP contribution in [-0.4, -0.2) is 41.1 Å². The van der Waals surface area contributed by atoms with Gasteiger partial charge in [-0.05, 0) is 18.6 Å². The fourth-order valence-electron chi connectivity index (χ4n) is 2.39. The molecule has 1 aromatic carbocycles. The summed E-state index contributed by atoms with van der Waals surface area (Å²) in [6.45, 7) is 4.59. The van der Waals surface area contributed by atoms with Crippen LogP contribution >= 0.6 is 0 Å². The van der Waals surface area contributed by atoms with Gasteiger partial charge in [0.25, 0.3) is 5.91 Å². The molecule has 0 bridgehead atoms. The van der Waals surface area contributed by atoms with Crippen LogP contribution in [0.5, 0.6) is 5.75 Å². The molecule has 1 aliphatic heterocycles. The average molecular weight is 291 g/mol. The van der Waals surface area contributed by atoms with Gasteiger partial charge in [-0.1, -0.05) is 32.0 Å². The molecule has 0 saturated carbocycles.